The number of rotatable bonds is 5. The molecule has 12 heteroatoms. The molecular weight excluding hydrogens is 360 g/mol. The van der Waals surface area contributed by atoms with Gasteiger partial charge in [-0.2, -0.15) is 0 Å². The third-order valence-electron chi connectivity index (χ3n) is 4.07. The summed E-state index contributed by atoms with van der Waals surface area (Å²) in [5.41, 5.74) is 0. The van der Waals surface area contributed by atoms with E-state index in [2.05, 4.69) is 0 Å². The van der Waals surface area contributed by atoms with Crippen LogP contribution in [0.3, 0.4) is 0 Å². The van der Waals surface area contributed by atoms with Gasteiger partial charge < -0.3 is 55.1 Å². The maximum atomic E-state index is 10.00. The molecule has 2 aliphatic rings. The molecule has 2 rings (SSSR count). The minimum absolute atomic E-state index is 0. The third kappa shape index (κ3) is 4.05. The first kappa shape index (κ1) is 22.9. The van der Waals surface area contributed by atoms with E-state index >= 15 is 0 Å². The first-order valence-corrected chi connectivity index (χ1v) is 7.05. The van der Waals surface area contributed by atoms with Gasteiger partial charge in [-0.15, -0.1) is 0 Å². The Labute approximate surface area is 167 Å². The van der Waals surface area contributed by atoms with Crippen LogP contribution < -0.4 is 0 Å². The number of hydrogen-bond acceptors (Lipinski definition) is 11. The maximum Gasteiger partial charge on any atom is 2.00 e. The van der Waals surface area contributed by atoms with Crippen molar-refractivity contribution in [3.05, 3.63) is 0 Å². The molecule has 0 aliphatic carbocycles. The molecular formula is C12H22CaO11+2. The Morgan fingerprint density at radius 1 is 0.792 bits per heavy atom. The monoisotopic (exact) mass is 382 g/mol. The molecule has 0 bridgehead atoms. The van der Waals surface area contributed by atoms with Crippen molar-refractivity contribution in [3.8, 4) is 0 Å². The third-order valence-corrected chi connectivity index (χ3v) is 4.07. The van der Waals surface area contributed by atoms with Crippen LogP contribution in [0.25, 0.3) is 0 Å². The topological polar surface area (TPSA) is 190 Å². The Hall–Kier alpha value is 0.820. The summed E-state index contributed by atoms with van der Waals surface area (Å²) >= 11 is 0. The van der Waals surface area contributed by atoms with Gasteiger partial charge >= 0.3 is 37.7 Å². The average Bonchev–Trinajstić information content (AvgIpc) is 2.80. The average molecular weight is 382 g/mol. The van der Waals surface area contributed by atoms with E-state index in [1.165, 1.54) is 0 Å². The van der Waals surface area contributed by atoms with Crippen LogP contribution in [0.15, 0.2) is 0 Å². The van der Waals surface area contributed by atoms with Gasteiger partial charge in [0.15, 0.2) is 6.29 Å². The quantitative estimate of drug-likeness (QED) is 0.211. The van der Waals surface area contributed by atoms with Crippen molar-refractivity contribution in [1.29, 1.82) is 0 Å². The van der Waals surface area contributed by atoms with Gasteiger partial charge in [0.25, 0.3) is 0 Å². The van der Waals surface area contributed by atoms with Gasteiger partial charge in [-0.1, -0.05) is 0 Å². The van der Waals surface area contributed by atoms with E-state index in [1.807, 2.05) is 0 Å². The molecule has 11 nitrogen and oxygen atoms in total. The van der Waals surface area contributed by atoms with Crippen LogP contribution in [-0.2, 0) is 14.2 Å². The van der Waals surface area contributed by atoms with Gasteiger partial charge in [-0.25, -0.2) is 0 Å². The summed E-state index contributed by atoms with van der Waals surface area (Å²) < 4.78 is 15.4. The molecule has 0 spiro atoms. The number of hydrogen-bond donors (Lipinski definition) is 8. The minimum atomic E-state index is -2.22. The van der Waals surface area contributed by atoms with Gasteiger partial charge in [0, 0.05) is 0 Å². The van der Waals surface area contributed by atoms with E-state index in [9.17, 15) is 30.6 Å². The Kier molecular flexibility index (Phi) is 8.71. The molecule has 2 aliphatic heterocycles. The van der Waals surface area contributed by atoms with Crippen LogP contribution in [-0.4, -0.2) is 153 Å². The molecule has 136 valence electrons. The largest absolute Gasteiger partial charge is 2.00 e. The van der Waals surface area contributed by atoms with Crippen LogP contribution in [0.5, 0.6) is 0 Å². The van der Waals surface area contributed by atoms with Crippen molar-refractivity contribution in [3.63, 3.8) is 0 Å². The van der Waals surface area contributed by atoms with E-state index in [1.54, 1.807) is 0 Å². The van der Waals surface area contributed by atoms with Gasteiger partial charge in [0.1, 0.15) is 49.3 Å². The SMILES string of the molecule is OC[C@H]1O[C@@](CO)(O[C@H]2O[C@H](CO)[C@@H](O)[C@H](O)[C@H]2O)[C@@H](O)[C@@H]1O.[Ca+2]. The summed E-state index contributed by atoms with van der Waals surface area (Å²) in [6.45, 7) is -2.32. The van der Waals surface area contributed by atoms with Crippen LogP contribution in [0.1, 0.15) is 0 Å². The zero-order valence-electron chi connectivity index (χ0n) is 12.7. The molecule has 0 aromatic rings. The molecule has 0 amide bonds. The Morgan fingerprint density at radius 3 is 1.83 bits per heavy atom. The van der Waals surface area contributed by atoms with E-state index < -0.39 is 74.6 Å². The van der Waals surface area contributed by atoms with E-state index in [0.717, 1.165) is 0 Å². The summed E-state index contributed by atoms with van der Waals surface area (Å²) in [5.74, 6) is -2.22. The first-order chi connectivity index (χ1) is 10.8. The second-order valence-corrected chi connectivity index (χ2v) is 5.56. The van der Waals surface area contributed by atoms with E-state index in [-0.39, 0.29) is 37.7 Å². The molecule has 2 saturated heterocycles. The van der Waals surface area contributed by atoms with Crippen LogP contribution >= 0.6 is 0 Å². The van der Waals surface area contributed by atoms with E-state index in [4.69, 9.17) is 24.4 Å². The molecule has 2 fully saturated rings. The fraction of sp³-hybridized carbons (Fsp3) is 1.00. The molecule has 2 heterocycles. The van der Waals surface area contributed by atoms with Crippen molar-refractivity contribution in [1.82, 2.24) is 0 Å². The van der Waals surface area contributed by atoms with Gasteiger partial charge in [-0.3, -0.25) is 0 Å². The molecule has 0 radical (unpaired) electrons. The van der Waals surface area contributed by atoms with Crippen LogP contribution in [0, 0.1) is 0 Å². The molecule has 0 saturated carbocycles. The molecule has 9 atom stereocenters. The Balaban J connectivity index is 0.00000288. The molecule has 0 unspecified atom stereocenters. The smallest absolute Gasteiger partial charge is 0.394 e. The summed E-state index contributed by atoms with van der Waals surface area (Å²) in [7, 11) is 0. The van der Waals surface area contributed by atoms with Crippen molar-refractivity contribution in [2.24, 2.45) is 0 Å². The van der Waals surface area contributed by atoms with Crippen molar-refractivity contribution in [2.45, 2.75) is 54.8 Å². The van der Waals surface area contributed by atoms with Crippen molar-refractivity contribution < 1.29 is 55.1 Å². The summed E-state index contributed by atoms with van der Waals surface area (Å²) in [5, 5.41) is 76.7. The zero-order chi connectivity index (χ0) is 17.4. The van der Waals surface area contributed by atoms with Crippen molar-refractivity contribution in [2.75, 3.05) is 19.8 Å². The standard InChI is InChI=1S/C12H22O11.Ca/c13-1-4-6(16)8(18)9(19)11(21-4)23-12(3-15)10(20)7(17)5(2-14)22-12;/h4-11,13-20H,1-3H2;/q;+2/t4-,5-,6-,7-,8+,9-,10+,11-,12+;/m1./s1. The fourth-order valence-corrected chi connectivity index (χ4v) is 2.63. The first-order valence-electron chi connectivity index (χ1n) is 7.05. The van der Waals surface area contributed by atoms with Crippen molar-refractivity contribution >= 4 is 37.7 Å². The second kappa shape index (κ2) is 9.15. The van der Waals surface area contributed by atoms with Gasteiger partial charge in [0.2, 0.25) is 5.79 Å². The summed E-state index contributed by atoms with van der Waals surface area (Å²) in [6.07, 6.45) is -12.7. The predicted octanol–water partition coefficient (Wildman–Crippen LogP) is -5.78. The van der Waals surface area contributed by atoms with Gasteiger partial charge in [0.05, 0.1) is 13.2 Å². The van der Waals surface area contributed by atoms with Crippen LogP contribution in [0.4, 0.5) is 0 Å². The number of aliphatic hydroxyl groups is 8. The molecule has 24 heavy (non-hydrogen) atoms. The second-order valence-electron chi connectivity index (χ2n) is 5.56. The molecule has 8 N–H and O–H groups in total. The van der Waals surface area contributed by atoms with Crippen LogP contribution in [0.2, 0.25) is 0 Å². The maximum absolute atomic E-state index is 10.00. The van der Waals surface area contributed by atoms with E-state index in [0.29, 0.717) is 0 Å². The minimum Gasteiger partial charge on any atom is -0.394 e. The normalized spacial score (nSPS) is 49.0. The summed E-state index contributed by atoms with van der Waals surface area (Å²) in [4.78, 5) is 0. The number of ether oxygens (including phenoxy) is 3. The van der Waals surface area contributed by atoms with Gasteiger partial charge in [-0.05, 0) is 0 Å². The Bertz CT molecular complexity index is 399. The molecule has 0 aromatic carbocycles. The predicted molar refractivity (Wildman–Crippen MR) is 74.4 cm³/mol. The summed E-state index contributed by atoms with van der Waals surface area (Å²) in [6, 6.07) is 0. The fourth-order valence-electron chi connectivity index (χ4n) is 2.63. The Morgan fingerprint density at radius 2 is 1.38 bits per heavy atom. The molecule has 0 aromatic heterocycles. The zero-order valence-corrected chi connectivity index (χ0v) is 15.0. The number of aliphatic hydroxyl groups excluding tert-OH is 8.